The van der Waals surface area contributed by atoms with Crippen LogP contribution in [0.15, 0.2) is 127 Å². The number of benzene rings is 4. The third kappa shape index (κ3) is 8.80. The zero-order valence-electron chi connectivity index (χ0n) is 25.4. The molecule has 0 amide bonds. The fourth-order valence-corrected chi connectivity index (χ4v) is 5.71. The van der Waals surface area contributed by atoms with E-state index < -0.39 is 0 Å². The predicted octanol–water partition coefficient (Wildman–Crippen LogP) is 11.9. The van der Waals surface area contributed by atoms with Gasteiger partial charge in [-0.25, -0.2) is 0 Å². The fourth-order valence-electron chi connectivity index (χ4n) is 5.71. The van der Waals surface area contributed by atoms with Gasteiger partial charge in [0.15, 0.2) is 0 Å². The van der Waals surface area contributed by atoms with Gasteiger partial charge in [0.25, 0.3) is 0 Å². The second kappa shape index (κ2) is 18.4. The number of halogens is 2. The van der Waals surface area contributed by atoms with Crippen molar-refractivity contribution < 1.29 is 23.3 Å². The molecule has 43 heavy (non-hydrogen) atoms. The molecule has 6 aromatic carbocycles. The zero-order chi connectivity index (χ0) is 27.2. The second-order valence-corrected chi connectivity index (χ2v) is 10.3. The van der Waals surface area contributed by atoms with E-state index in [1.165, 1.54) is 96.7 Å². The Bertz CT molecular complexity index is 1710. The number of hydrogen-bond donors (Lipinski definition) is 0. The Kier molecular flexibility index (Phi) is 16.5. The molecule has 7 rings (SSSR count). The maximum absolute atomic E-state index is 3.06. The van der Waals surface area contributed by atoms with Crippen molar-refractivity contribution in [3.8, 4) is 22.3 Å². The van der Waals surface area contributed by atoms with E-state index in [9.17, 15) is 0 Å². The molecule has 0 saturated heterocycles. The monoisotopic (exact) mass is 696 g/mol. The molecule has 0 N–H and O–H groups in total. The van der Waals surface area contributed by atoms with Crippen LogP contribution in [-0.4, -0.2) is 6.88 Å². The number of fused-ring (bicyclic) bond motifs is 2. The topological polar surface area (TPSA) is 0 Å². The summed E-state index contributed by atoms with van der Waals surface area (Å²) in [5, 5.41) is 5.51. The van der Waals surface area contributed by atoms with Crippen LogP contribution in [0.1, 0.15) is 35.4 Å². The summed E-state index contributed by atoms with van der Waals surface area (Å²) in [5.74, 6) is 0.686. The van der Waals surface area contributed by atoms with Gasteiger partial charge in [-0.3, -0.25) is 0 Å². The molecular weight excluding hydrogens is 659 g/mol. The van der Waals surface area contributed by atoms with Gasteiger partial charge in [0, 0.05) is 0 Å². The third-order valence-electron chi connectivity index (χ3n) is 7.67. The van der Waals surface area contributed by atoms with Gasteiger partial charge in [0.2, 0.25) is 0 Å². The van der Waals surface area contributed by atoms with E-state index >= 15 is 0 Å². The minimum atomic E-state index is 0. The molecule has 222 valence electrons. The molecule has 0 aliphatic heterocycles. The predicted molar refractivity (Wildman–Crippen MR) is 194 cm³/mol. The van der Waals surface area contributed by atoms with Crippen LogP contribution in [0.3, 0.4) is 0 Å². The molecule has 2 radical (unpaired) electrons. The molecule has 4 heteroatoms. The zero-order valence-corrected chi connectivity index (χ0v) is 30.5. The van der Waals surface area contributed by atoms with Crippen LogP contribution >= 0.6 is 24.8 Å². The molecule has 6 aromatic rings. The Hall–Kier alpha value is -2.48. The summed E-state index contributed by atoms with van der Waals surface area (Å²) in [6.07, 6.45) is 6.99. The molecule has 0 nitrogen and oxygen atoms in total. The van der Waals surface area contributed by atoms with E-state index in [1.54, 1.807) is 0 Å². The normalized spacial score (nSPS) is 11.5. The van der Waals surface area contributed by atoms with E-state index in [0.29, 0.717) is 5.92 Å². The van der Waals surface area contributed by atoms with Crippen LogP contribution in [-0.2, 0) is 23.3 Å². The van der Waals surface area contributed by atoms with Crippen LogP contribution in [0, 0.1) is 28.7 Å². The van der Waals surface area contributed by atoms with Crippen molar-refractivity contribution in [3.63, 3.8) is 0 Å². The molecule has 0 atom stereocenters. The van der Waals surface area contributed by atoms with Crippen LogP contribution < -0.4 is 0 Å². The second-order valence-electron chi connectivity index (χ2n) is 10.3. The molecule has 1 aliphatic carbocycles. The minimum absolute atomic E-state index is 0. The van der Waals surface area contributed by atoms with Crippen LogP contribution in [0.2, 0.25) is 0 Å². The van der Waals surface area contributed by atoms with Crippen LogP contribution in [0.5, 0.6) is 0 Å². The summed E-state index contributed by atoms with van der Waals surface area (Å²) in [5.41, 5.74) is 9.47. The molecule has 0 spiro atoms. The van der Waals surface area contributed by atoms with Crippen LogP contribution in [0.4, 0.5) is 0 Å². The SMILES string of the molecule is C1=CCC(c2cc3c(-c4ccccc4)cccc3[cH-]2)C1.Cc1cc2c(-c3ccccc3)ccc(C)c2[cH-]1.Cl.Cl.[CH3-].[CH3-].[Si]=[Zr]. The molecule has 0 fully saturated rings. The summed E-state index contributed by atoms with van der Waals surface area (Å²) >= 11 is 1.36. The maximum atomic E-state index is 3.06. The van der Waals surface area contributed by atoms with Gasteiger partial charge < -0.3 is 14.9 Å². The summed E-state index contributed by atoms with van der Waals surface area (Å²) in [7, 11) is 0. The molecular formula is C39H40Cl2SiZr-4. The van der Waals surface area contributed by atoms with Crippen molar-refractivity contribution in [2.45, 2.75) is 32.6 Å². The molecule has 0 heterocycles. The standard InChI is InChI=1S/C20H17.C17H15.2CH3.2ClH.Si.Zr/c1-2-9-16(10-3-1)19-12-6-11-17-13-18(14-20(17)19)15-7-4-5-8-15;1-12-10-16-13(2)8-9-15(17(16)11-12)14-6-4-3-5-7-14;;;;;;/h1-6,9-15H,7-8H2;3-11H,1-2H3;2*1H3;2*1H;;/q4*-1;;;;. The molecule has 0 aromatic heterocycles. The number of hydrogen-bond acceptors (Lipinski definition) is 0. The van der Waals surface area contributed by atoms with E-state index in [1.807, 2.05) is 0 Å². The first-order valence-electron chi connectivity index (χ1n) is 13.5. The first kappa shape index (κ1) is 38.5. The summed E-state index contributed by atoms with van der Waals surface area (Å²) in [6, 6.07) is 41.7. The van der Waals surface area contributed by atoms with Crippen molar-refractivity contribution in [1.29, 1.82) is 0 Å². The van der Waals surface area contributed by atoms with Crippen molar-refractivity contribution in [1.82, 2.24) is 0 Å². The van der Waals surface area contributed by atoms with Crippen LogP contribution in [0.25, 0.3) is 43.8 Å². The van der Waals surface area contributed by atoms with Gasteiger partial charge >= 0.3 is 30.2 Å². The molecule has 0 bridgehead atoms. The first-order chi connectivity index (χ1) is 19.2. The van der Waals surface area contributed by atoms with Gasteiger partial charge in [0.1, 0.15) is 0 Å². The van der Waals surface area contributed by atoms with Crippen molar-refractivity contribution >= 4 is 53.2 Å². The average molecular weight is 699 g/mol. The molecule has 1 aliphatic rings. The number of rotatable bonds is 3. The van der Waals surface area contributed by atoms with Crippen molar-refractivity contribution in [2.24, 2.45) is 0 Å². The Morgan fingerprint density at radius 3 is 1.77 bits per heavy atom. The van der Waals surface area contributed by atoms with Gasteiger partial charge in [0.05, 0.1) is 0 Å². The van der Waals surface area contributed by atoms with E-state index in [2.05, 4.69) is 148 Å². The van der Waals surface area contributed by atoms with Crippen molar-refractivity contribution in [2.75, 3.05) is 0 Å². The number of allylic oxidation sites excluding steroid dienone is 2. The van der Waals surface area contributed by atoms with Gasteiger partial charge in [-0.1, -0.05) is 110 Å². The quantitative estimate of drug-likeness (QED) is 0.0980. The summed E-state index contributed by atoms with van der Waals surface area (Å²) in [4.78, 5) is 0. The summed E-state index contributed by atoms with van der Waals surface area (Å²) in [6.45, 7) is 7.40. The fraction of sp³-hybridized carbons (Fsp3) is 0.128. The van der Waals surface area contributed by atoms with Gasteiger partial charge in [-0.05, 0) is 29.9 Å². The third-order valence-corrected chi connectivity index (χ3v) is 7.67. The molecule has 0 saturated carbocycles. The Labute approximate surface area is 288 Å². The number of aryl methyl sites for hydroxylation is 2. The average Bonchev–Trinajstić information content (AvgIpc) is 3.75. The van der Waals surface area contributed by atoms with Crippen molar-refractivity contribution in [3.05, 3.63) is 159 Å². The van der Waals surface area contributed by atoms with Gasteiger partial charge in [-0.2, -0.15) is 12.1 Å². The Morgan fingerprint density at radius 1 is 0.628 bits per heavy atom. The van der Waals surface area contributed by atoms with Gasteiger partial charge in [-0.15, -0.1) is 93.4 Å². The Morgan fingerprint density at radius 2 is 1.19 bits per heavy atom. The molecule has 0 unspecified atom stereocenters. The Balaban J connectivity index is 0.000000377. The van der Waals surface area contributed by atoms with E-state index in [-0.39, 0.29) is 39.7 Å². The van der Waals surface area contributed by atoms with E-state index in [0.717, 1.165) is 0 Å². The summed E-state index contributed by atoms with van der Waals surface area (Å²) < 4.78 is 0. The van der Waals surface area contributed by atoms with E-state index in [4.69, 9.17) is 0 Å². The first-order valence-corrected chi connectivity index (χ1v) is 17.7.